The predicted molar refractivity (Wildman–Crippen MR) is 332 cm³/mol. The second-order valence-corrected chi connectivity index (χ2v) is 21.8. The monoisotopic (exact) mass is 1310 g/mol. The van der Waals surface area contributed by atoms with Gasteiger partial charge in [-0.25, -0.2) is 9.59 Å². The van der Waals surface area contributed by atoms with Crippen molar-refractivity contribution >= 4 is 65.5 Å². The van der Waals surface area contributed by atoms with E-state index in [4.69, 9.17) is 43.0 Å². The molecule has 92 heavy (non-hydrogen) atoms. The van der Waals surface area contributed by atoms with Crippen LogP contribution in [0.2, 0.25) is 0 Å². The zero-order chi connectivity index (χ0) is 67.7. The van der Waals surface area contributed by atoms with Gasteiger partial charge in [0.25, 0.3) is 0 Å². The van der Waals surface area contributed by atoms with Crippen LogP contribution in [0.4, 0.5) is 0 Å². The number of aliphatic carboxylic acids is 3. The fraction of sp³-hybridized carbons (Fsp3) is 0.726. The van der Waals surface area contributed by atoms with E-state index in [2.05, 4.69) is 37.2 Å². The number of ether oxygens (including phenoxy) is 8. The van der Waals surface area contributed by atoms with Crippen LogP contribution in [-0.4, -0.2) is 235 Å². The third-order valence-corrected chi connectivity index (χ3v) is 13.7. The van der Waals surface area contributed by atoms with Crippen LogP contribution in [0.3, 0.4) is 0 Å². The number of unbranched alkanes of at least 4 members (excludes halogenated alkanes) is 13. The number of amides is 7. The second-order valence-electron chi connectivity index (χ2n) is 21.8. The standard InChI is InChI=1S/C62H103N7O23/c1-62(61(83)84,69-54(74)23-22-51(60(81)82)68-53(73)16-14-12-10-8-6-4-2-3-5-7-9-11-13-15-17-59(79)80)25-24-52(72)63-26-30-85-34-38-89-44-55(75)64-27-31-86-35-39-90-45-56(76)65-28-32-87-36-40-91-46-57(77)66-29-33-88-37-41-92-47-58(78)67-49(43-70)42-48-18-20-50(71)21-19-48/h18-21,43,49,51,71H,2-17,22-42,44-47H2,1H3,(H,63,72)(H,64,75)(H,65,76)(H,66,77)(H,67,78)(H,68,73)(H,69,74)(H,79,80)(H,81,82)(H,83,84)/t49?,51?,62-/m1/s1. The summed E-state index contributed by atoms with van der Waals surface area (Å²) in [5, 5.41) is 55.5. The average molecular weight is 1310 g/mol. The van der Waals surface area contributed by atoms with Gasteiger partial charge in [0.15, 0.2) is 0 Å². The Kier molecular flexibility index (Phi) is 50.3. The maximum absolute atomic E-state index is 12.8. The molecule has 0 saturated heterocycles. The lowest BCUT2D eigenvalue weighted by atomic mass is 9.95. The number of aromatic hydroxyl groups is 1. The van der Waals surface area contributed by atoms with Gasteiger partial charge in [-0.05, 0) is 56.7 Å². The lowest BCUT2D eigenvalue weighted by Crippen LogP contribution is -2.53. The second kappa shape index (κ2) is 55.7. The lowest BCUT2D eigenvalue weighted by molar-refractivity contribution is -0.148. The van der Waals surface area contributed by atoms with Crippen LogP contribution in [0.1, 0.15) is 141 Å². The molecule has 30 heteroatoms. The lowest BCUT2D eigenvalue weighted by Gasteiger charge is -2.26. The minimum absolute atomic E-state index is 0.0837. The molecule has 0 radical (unpaired) electrons. The van der Waals surface area contributed by atoms with Gasteiger partial charge in [0.2, 0.25) is 41.4 Å². The van der Waals surface area contributed by atoms with Crippen molar-refractivity contribution in [1.82, 2.24) is 37.2 Å². The van der Waals surface area contributed by atoms with E-state index in [0.717, 1.165) is 63.4 Å². The first-order chi connectivity index (χ1) is 44.3. The molecule has 0 aliphatic rings. The molecule has 0 aliphatic carbocycles. The number of carbonyl (C=O) groups is 11. The van der Waals surface area contributed by atoms with Crippen LogP contribution < -0.4 is 37.2 Å². The van der Waals surface area contributed by atoms with E-state index >= 15 is 0 Å². The van der Waals surface area contributed by atoms with E-state index in [-0.39, 0.29) is 200 Å². The van der Waals surface area contributed by atoms with E-state index in [1.54, 1.807) is 12.1 Å². The fourth-order valence-electron chi connectivity index (χ4n) is 8.54. The summed E-state index contributed by atoms with van der Waals surface area (Å²) in [6.07, 6.45) is 14.5. The van der Waals surface area contributed by atoms with Gasteiger partial charge in [-0.3, -0.25) is 38.4 Å². The van der Waals surface area contributed by atoms with Gasteiger partial charge in [-0.2, -0.15) is 0 Å². The van der Waals surface area contributed by atoms with E-state index in [1.165, 1.54) is 44.7 Å². The molecule has 0 fully saturated rings. The van der Waals surface area contributed by atoms with Crippen molar-refractivity contribution in [1.29, 1.82) is 0 Å². The molecule has 3 atom stereocenters. The normalized spacial score (nSPS) is 12.4. The first-order valence-corrected chi connectivity index (χ1v) is 31.8. The molecule has 1 aromatic carbocycles. The molecule has 0 bridgehead atoms. The van der Waals surface area contributed by atoms with Crippen LogP contribution in [-0.2, 0) is 97.1 Å². The summed E-state index contributed by atoms with van der Waals surface area (Å²) in [7, 11) is 0. The molecule has 1 rings (SSSR count). The molecular weight excluding hydrogens is 1210 g/mol. The van der Waals surface area contributed by atoms with Crippen molar-refractivity contribution in [2.75, 3.05) is 132 Å². The molecule has 0 heterocycles. The minimum atomic E-state index is -1.84. The summed E-state index contributed by atoms with van der Waals surface area (Å²) < 4.78 is 42.7. The topological polar surface area (TPSA) is 427 Å². The summed E-state index contributed by atoms with van der Waals surface area (Å²) in [6.45, 7) is 2.98. The van der Waals surface area contributed by atoms with Gasteiger partial charge < -0.3 is 100 Å². The van der Waals surface area contributed by atoms with Crippen molar-refractivity contribution in [2.24, 2.45) is 0 Å². The molecule has 0 spiro atoms. The number of rotatable bonds is 63. The summed E-state index contributed by atoms with van der Waals surface area (Å²) >= 11 is 0. The number of phenols is 1. The molecule has 2 unspecified atom stereocenters. The molecule has 11 N–H and O–H groups in total. The van der Waals surface area contributed by atoms with Crippen molar-refractivity contribution in [2.45, 2.75) is 159 Å². The predicted octanol–water partition coefficient (Wildman–Crippen LogP) is 1.63. The number of nitrogens with one attached hydrogen (secondary N) is 7. The summed E-state index contributed by atoms with van der Waals surface area (Å²) in [6, 6.07) is 4.23. The first-order valence-electron chi connectivity index (χ1n) is 31.8. The fourth-order valence-corrected chi connectivity index (χ4v) is 8.54. The highest BCUT2D eigenvalue weighted by molar-refractivity contribution is 5.88. The molecule has 524 valence electrons. The van der Waals surface area contributed by atoms with Gasteiger partial charge in [0.05, 0.1) is 85.3 Å². The Morgan fingerprint density at radius 3 is 1.21 bits per heavy atom. The Bertz CT molecular complexity index is 2250. The number of carboxylic acids is 3. The highest BCUT2D eigenvalue weighted by atomic mass is 16.5. The number of hydrogen-bond acceptors (Lipinski definition) is 20. The number of carboxylic acid groups (broad SMARTS) is 3. The van der Waals surface area contributed by atoms with Crippen LogP contribution in [0.25, 0.3) is 0 Å². The van der Waals surface area contributed by atoms with Gasteiger partial charge >= 0.3 is 17.9 Å². The Morgan fingerprint density at radius 1 is 0.435 bits per heavy atom. The Labute approximate surface area is 539 Å². The number of hydrogen-bond donors (Lipinski definition) is 11. The first kappa shape index (κ1) is 83.1. The number of aldehydes is 1. The van der Waals surface area contributed by atoms with Crippen molar-refractivity contribution in [3.8, 4) is 5.75 Å². The molecule has 0 aliphatic heterocycles. The van der Waals surface area contributed by atoms with Crippen LogP contribution in [0.5, 0.6) is 5.75 Å². The molecule has 0 aromatic heterocycles. The van der Waals surface area contributed by atoms with E-state index in [0.29, 0.717) is 12.7 Å². The van der Waals surface area contributed by atoms with Gasteiger partial charge in [-0.15, -0.1) is 0 Å². The van der Waals surface area contributed by atoms with Crippen LogP contribution >= 0.6 is 0 Å². The van der Waals surface area contributed by atoms with E-state index in [9.17, 15) is 68.1 Å². The maximum atomic E-state index is 12.8. The zero-order valence-corrected chi connectivity index (χ0v) is 53.6. The minimum Gasteiger partial charge on any atom is -0.508 e. The van der Waals surface area contributed by atoms with Crippen LogP contribution in [0, 0.1) is 0 Å². The molecule has 30 nitrogen and oxygen atoms in total. The number of phenolic OH excluding ortho intramolecular Hbond substituents is 1. The third kappa shape index (κ3) is 49.7. The van der Waals surface area contributed by atoms with Gasteiger partial charge in [0.1, 0.15) is 50.0 Å². The quantitative estimate of drug-likeness (QED) is 0.0326. The number of carbonyl (C=O) groups excluding carboxylic acids is 8. The summed E-state index contributed by atoms with van der Waals surface area (Å²) in [5.41, 5.74) is -1.06. The van der Waals surface area contributed by atoms with Gasteiger partial charge in [-0.1, -0.05) is 89.2 Å². The average Bonchev–Trinajstić information content (AvgIpc) is 1.21. The van der Waals surface area contributed by atoms with Crippen molar-refractivity contribution < 1.29 is 111 Å². The molecule has 0 saturated carbocycles. The van der Waals surface area contributed by atoms with Gasteiger partial charge in [0, 0.05) is 51.9 Å². The Morgan fingerprint density at radius 2 is 0.815 bits per heavy atom. The Balaban J connectivity index is 1.97. The van der Waals surface area contributed by atoms with Crippen molar-refractivity contribution in [3.05, 3.63) is 29.8 Å². The maximum Gasteiger partial charge on any atom is 0.329 e. The Hall–Kier alpha value is -6.93. The van der Waals surface area contributed by atoms with E-state index in [1.807, 2.05) is 0 Å². The van der Waals surface area contributed by atoms with Crippen molar-refractivity contribution in [3.63, 3.8) is 0 Å². The number of benzene rings is 1. The van der Waals surface area contributed by atoms with Crippen LogP contribution in [0.15, 0.2) is 24.3 Å². The zero-order valence-electron chi connectivity index (χ0n) is 53.6. The molecular formula is C62H103N7O23. The largest absolute Gasteiger partial charge is 0.508 e. The molecule has 7 amide bonds. The molecule has 1 aromatic rings. The summed E-state index contributed by atoms with van der Waals surface area (Å²) in [5.74, 6) is -6.60. The van der Waals surface area contributed by atoms with E-state index < -0.39 is 59.2 Å². The smallest absolute Gasteiger partial charge is 0.329 e. The summed E-state index contributed by atoms with van der Waals surface area (Å²) in [4.78, 5) is 132. The highest BCUT2D eigenvalue weighted by Gasteiger charge is 2.35. The third-order valence-electron chi connectivity index (χ3n) is 13.7. The SMILES string of the molecule is C[C@](CCC(=O)NCCOCCOCC(=O)NCCOCCOCC(=O)NCCOCCOCC(=O)NCCOCCOCC(=O)NC(C=O)Cc1ccc(O)cc1)(NC(=O)CCC(NC(=O)CCCCCCCCCCCCCCCCC(=O)O)C(=O)O)C(=O)O. The highest BCUT2D eigenvalue weighted by Crippen LogP contribution is 2.16.